The topological polar surface area (TPSA) is 165 Å². The second-order valence-electron chi connectivity index (χ2n) is 7.14. The third-order valence-corrected chi connectivity index (χ3v) is 6.15. The Morgan fingerprint density at radius 1 is 1.35 bits per heavy atom. The van der Waals surface area contributed by atoms with Crippen molar-refractivity contribution in [2.75, 3.05) is 12.3 Å². The van der Waals surface area contributed by atoms with Crippen molar-refractivity contribution in [3.8, 4) is 11.8 Å². The van der Waals surface area contributed by atoms with E-state index in [-0.39, 0.29) is 23.9 Å². The van der Waals surface area contributed by atoms with E-state index in [1.54, 1.807) is 37.3 Å². The fourth-order valence-electron chi connectivity index (χ4n) is 3.58. The number of hydrogen-bond acceptors (Lipinski definition) is 9. The lowest BCUT2D eigenvalue weighted by molar-refractivity contribution is -0.0624. The van der Waals surface area contributed by atoms with Crippen LogP contribution < -0.4 is 10.3 Å². The van der Waals surface area contributed by atoms with Crippen LogP contribution in [-0.4, -0.2) is 43.4 Å². The molecule has 1 fully saturated rings. The Hall–Kier alpha value is -3.00. The summed E-state index contributed by atoms with van der Waals surface area (Å²) in [6, 6.07) is 13.3. The summed E-state index contributed by atoms with van der Waals surface area (Å²) in [5, 5.41) is 24.9. The number of nitriles is 1. The van der Waals surface area contributed by atoms with Gasteiger partial charge in [-0.15, -0.1) is 0 Å². The predicted molar refractivity (Wildman–Crippen MR) is 108 cm³/mol. The van der Waals surface area contributed by atoms with E-state index in [1.165, 1.54) is 23.0 Å². The molecule has 0 spiro atoms. The van der Waals surface area contributed by atoms with Gasteiger partial charge in [0.05, 0.1) is 18.4 Å². The number of nitrogen functional groups attached to an aromatic ring is 1. The van der Waals surface area contributed by atoms with E-state index in [0.29, 0.717) is 5.52 Å². The highest BCUT2D eigenvalue weighted by Gasteiger charge is 2.56. The first-order valence-electron chi connectivity index (χ1n) is 9.35. The molecule has 3 heterocycles. The number of hydrogen-bond donors (Lipinski definition) is 3. The Morgan fingerprint density at radius 3 is 2.81 bits per heavy atom. The number of nitrogens with two attached hydrogens (primary N) is 1. The molecule has 162 valence electrons. The molecule has 1 unspecified atom stereocenters. The van der Waals surface area contributed by atoms with E-state index in [1.807, 2.05) is 6.07 Å². The zero-order valence-corrected chi connectivity index (χ0v) is 17.3. The van der Waals surface area contributed by atoms with Crippen LogP contribution in [-0.2, 0) is 19.4 Å². The van der Waals surface area contributed by atoms with Crippen molar-refractivity contribution in [1.82, 2.24) is 14.6 Å². The molecule has 3 aromatic rings. The molecule has 0 saturated carbocycles. The van der Waals surface area contributed by atoms with Gasteiger partial charge in [-0.2, -0.15) is 10.4 Å². The third-order valence-electron chi connectivity index (χ3n) is 5.23. The van der Waals surface area contributed by atoms with Gasteiger partial charge in [-0.05, 0) is 24.3 Å². The average molecular weight is 445 g/mol. The third kappa shape index (κ3) is 3.76. The molecule has 2 aromatic heterocycles. The molecule has 0 radical (unpaired) electrons. The maximum Gasteiger partial charge on any atom is 0.527 e. The molecule has 1 aromatic carbocycles. The van der Waals surface area contributed by atoms with E-state index in [9.17, 15) is 19.8 Å². The Kier molecular flexibility index (Phi) is 5.43. The molecule has 4 N–H and O–H groups in total. The number of phosphoric acid groups is 1. The molecule has 4 rings (SSSR count). The van der Waals surface area contributed by atoms with Gasteiger partial charge in [0, 0.05) is 5.92 Å². The molecule has 1 saturated heterocycles. The van der Waals surface area contributed by atoms with Gasteiger partial charge in [-0.3, -0.25) is 9.42 Å². The molecule has 12 heteroatoms. The molecule has 5 atom stereocenters. The monoisotopic (exact) mass is 445 g/mol. The number of phosphoric ester groups is 1. The first-order chi connectivity index (χ1) is 14.8. The number of aromatic nitrogens is 3. The number of fused-ring (bicyclic) bond motifs is 1. The van der Waals surface area contributed by atoms with Crippen LogP contribution in [0.1, 0.15) is 12.6 Å². The number of rotatable bonds is 6. The summed E-state index contributed by atoms with van der Waals surface area (Å²) in [6.07, 6.45) is -0.918. The second-order valence-corrected chi connectivity index (χ2v) is 8.52. The van der Waals surface area contributed by atoms with Crippen LogP contribution in [0.4, 0.5) is 5.82 Å². The summed E-state index contributed by atoms with van der Waals surface area (Å²) in [6.45, 7) is 1.26. The van der Waals surface area contributed by atoms with E-state index in [0.717, 1.165) is 0 Å². The molecule has 1 aliphatic heterocycles. The van der Waals surface area contributed by atoms with Crippen LogP contribution in [0.3, 0.4) is 0 Å². The van der Waals surface area contributed by atoms with Crippen LogP contribution in [0.5, 0.6) is 5.75 Å². The molecule has 11 nitrogen and oxygen atoms in total. The SMILES string of the molecule is C[C@H]1[C@@H](O)[C@](C#N)(c2ccc3c(N)ncnn23)O[C@@H]1COP(=O)(O)Oc1ccccc1. The highest BCUT2D eigenvalue weighted by Crippen LogP contribution is 2.47. The van der Waals surface area contributed by atoms with Crippen LogP contribution in [0, 0.1) is 17.2 Å². The van der Waals surface area contributed by atoms with E-state index in [2.05, 4.69) is 10.1 Å². The normalized spacial score (nSPS) is 27.6. The van der Waals surface area contributed by atoms with Gasteiger partial charge in [-0.25, -0.2) is 14.1 Å². The lowest BCUT2D eigenvalue weighted by Gasteiger charge is -2.24. The Labute approximate surface area is 177 Å². The van der Waals surface area contributed by atoms with E-state index < -0.39 is 31.5 Å². The average Bonchev–Trinajstić information content (AvgIpc) is 3.29. The molecule has 31 heavy (non-hydrogen) atoms. The van der Waals surface area contributed by atoms with E-state index in [4.69, 9.17) is 19.5 Å². The maximum absolute atomic E-state index is 12.3. The first-order valence-corrected chi connectivity index (χ1v) is 10.8. The van der Waals surface area contributed by atoms with Crippen molar-refractivity contribution < 1.29 is 28.3 Å². The number of aliphatic hydroxyl groups excluding tert-OH is 1. The highest BCUT2D eigenvalue weighted by atomic mass is 31.2. The molecular weight excluding hydrogens is 425 g/mol. The zero-order chi connectivity index (χ0) is 22.2. The fraction of sp³-hybridized carbons (Fsp3) is 0.316. The second kappa shape index (κ2) is 7.92. The zero-order valence-electron chi connectivity index (χ0n) is 16.4. The number of para-hydroxylation sites is 1. The minimum absolute atomic E-state index is 0.164. The summed E-state index contributed by atoms with van der Waals surface area (Å²) in [5.74, 6) is -0.243. The predicted octanol–water partition coefficient (Wildman–Crippen LogP) is 1.62. The van der Waals surface area contributed by atoms with Gasteiger partial charge in [0.1, 0.15) is 29.8 Å². The molecule has 0 amide bonds. The fourth-order valence-corrected chi connectivity index (χ4v) is 4.36. The number of benzene rings is 1. The molecule has 0 aliphatic carbocycles. The van der Waals surface area contributed by atoms with Crippen molar-refractivity contribution in [2.24, 2.45) is 5.92 Å². The minimum atomic E-state index is -4.46. The number of aliphatic hydroxyl groups is 1. The molecule has 0 bridgehead atoms. The molecule has 1 aliphatic rings. The highest BCUT2D eigenvalue weighted by molar-refractivity contribution is 7.47. The summed E-state index contributed by atoms with van der Waals surface area (Å²) in [5.41, 5.74) is 4.77. The number of ether oxygens (including phenoxy) is 1. The van der Waals surface area contributed by atoms with Crippen molar-refractivity contribution in [1.29, 1.82) is 5.26 Å². The summed E-state index contributed by atoms with van der Waals surface area (Å²) in [4.78, 5) is 13.9. The molecular formula is C19H20N5O6P. The van der Waals surface area contributed by atoms with Crippen LogP contribution in [0.2, 0.25) is 0 Å². The summed E-state index contributed by atoms with van der Waals surface area (Å²) in [7, 11) is -4.46. The van der Waals surface area contributed by atoms with Crippen molar-refractivity contribution in [3.05, 3.63) is 54.5 Å². The van der Waals surface area contributed by atoms with Crippen molar-refractivity contribution in [2.45, 2.75) is 24.7 Å². The van der Waals surface area contributed by atoms with Crippen molar-refractivity contribution >= 4 is 19.2 Å². The van der Waals surface area contributed by atoms with Crippen LogP contribution >= 0.6 is 7.82 Å². The number of nitrogens with zero attached hydrogens (tertiary/aromatic N) is 4. The van der Waals surface area contributed by atoms with E-state index >= 15 is 0 Å². The quantitative estimate of drug-likeness (QED) is 0.475. The van der Waals surface area contributed by atoms with Gasteiger partial charge in [0.25, 0.3) is 0 Å². The summed E-state index contributed by atoms with van der Waals surface area (Å²) >= 11 is 0. The standard InChI is InChI=1S/C19H20N5O6P/c1-12-15(9-28-31(26,27)30-13-5-3-2-4-6-13)29-19(10-20,17(12)25)16-8-7-14-18(21)22-11-23-24(14)16/h2-8,11-12,15,17,25H,9H2,1H3,(H,26,27)(H2,21,22,23)/t12-,15-,17-,19+/m1/s1. The number of anilines is 1. The first kappa shape index (κ1) is 21.2. The maximum atomic E-state index is 12.3. The van der Waals surface area contributed by atoms with Gasteiger partial charge in [-0.1, -0.05) is 25.1 Å². The van der Waals surface area contributed by atoms with Crippen LogP contribution in [0.15, 0.2) is 48.8 Å². The van der Waals surface area contributed by atoms with Crippen LogP contribution in [0.25, 0.3) is 5.52 Å². The Morgan fingerprint density at radius 2 is 2.10 bits per heavy atom. The largest absolute Gasteiger partial charge is 0.527 e. The smallest absolute Gasteiger partial charge is 0.404 e. The minimum Gasteiger partial charge on any atom is -0.404 e. The summed E-state index contributed by atoms with van der Waals surface area (Å²) < 4.78 is 29.7. The van der Waals surface area contributed by atoms with Gasteiger partial charge in [0.15, 0.2) is 5.82 Å². The lowest BCUT2D eigenvalue weighted by Crippen LogP contribution is -2.38. The van der Waals surface area contributed by atoms with Gasteiger partial charge >= 0.3 is 7.82 Å². The van der Waals surface area contributed by atoms with Gasteiger partial charge in [0.2, 0.25) is 5.60 Å². The Balaban J connectivity index is 1.56. The Bertz CT molecular complexity index is 1180. The van der Waals surface area contributed by atoms with Crippen molar-refractivity contribution in [3.63, 3.8) is 0 Å². The lowest BCUT2D eigenvalue weighted by atomic mass is 9.88. The van der Waals surface area contributed by atoms with Gasteiger partial charge < -0.3 is 20.1 Å².